The molecule has 3 aromatic carbocycles. The Morgan fingerprint density at radius 2 is 1.53 bits per heavy atom. The highest BCUT2D eigenvalue weighted by molar-refractivity contribution is 8.01. The van der Waals surface area contributed by atoms with Crippen LogP contribution in [0.1, 0.15) is 23.7 Å². The number of nitrogens with zero attached hydrogens (tertiary/aromatic N) is 1. The molecule has 0 radical (unpaired) electrons. The molecular weight excluding hydrogens is 476 g/mol. The summed E-state index contributed by atoms with van der Waals surface area (Å²) >= 11 is 1.55. The van der Waals surface area contributed by atoms with E-state index in [0.29, 0.717) is 12.2 Å². The molecule has 0 spiro atoms. The number of thioether (sulfide) groups is 1. The van der Waals surface area contributed by atoms with Crippen LogP contribution < -0.4 is 10.1 Å². The number of amides is 2. The van der Waals surface area contributed by atoms with Crippen molar-refractivity contribution in [2.45, 2.75) is 34.7 Å². The predicted octanol–water partition coefficient (Wildman–Crippen LogP) is 3.31. The average Bonchev–Trinajstić information content (AvgIpc) is 3.56. The molecule has 7 nitrogen and oxygen atoms in total. The second-order valence-electron chi connectivity index (χ2n) is 9.11. The van der Waals surface area contributed by atoms with Gasteiger partial charge in [-0.05, 0) is 29.7 Å². The third-order valence-corrected chi connectivity index (χ3v) is 8.51. The van der Waals surface area contributed by atoms with Gasteiger partial charge in [-0.25, -0.2) is 4.79 Å². The first-order chi connectivity index (χ1) is 17.6. The van der Waals surface area contributed by atoms with Crippen LogP contribution in [-0.2, 0) is 19.1 Å². The number of benzene rings is 3. The molecule has 3 unspecified atom stereocenters. The minimum Gasteiger partial charge on any atom is -0.484 e. The summed E-state index contributed by atoms with van der Waals surface area (Å²) in [6.07, 6.45) is -0.00565. The van der Waals surface area contributed by atoms with Crippen LogP contribution in [-0.4, -0.2) is 51.5 Å². The molecule has 2 saturated heterocycles. The van der Waals surface area contributed by atoms with E-state index in [9.17, 15) is 14.4 Å². The van der Waals surface area contributed by atoms with Gasteiger partial charge in [0.2, 0.25) is 5.91 Å². The number of hydrogen-bond acceptors (Lipinski definition) is 6. The van der Waals surface area contributed by atoms with E-state index in [4.69, 9.17) is 9.47 Å². The van der Waals surface area contributed by atoms with Crippen molar-refractivity contribution < 1.29 is 23.9 Å². The van der Waals surface area contributed by atoms with Gasteiger partial charge >= 0.3 is 5.97 Å². The van der Waals surface area contributed by atoms with E-state index in [2.05, 4.69) is 5.32 Å². The molecule has 3 aliphatic rings. The minimum absolute atomic E-state index is 0.0337. The third kappa shape index (κ3) is 3.82. The molecule has 182 valence electrons. The molecule has 2 amide bonds. The number of fused-ring (bicyclic) bond motifs is 3. The Morgan fingerprint density at radius 3 is 2.14 bits per heavy atom. The highest BCUT2D eigenvalue weighted by Crippen LogP contribution is 2.64. The maximum atomic E-state index is 13.6. The fourth-order valence-electron chi connectivity index (χ4n) is 4.95. The number of nitrogens with one attached hydrogen (secondary N) is 1. The molecule has 1 saturated carbocycles. The first-order valence-electron chi connectivity index (χ1n) is 11.8. The number of hydrogen-bond donors (Lipinski definition) is 1. The number of para-hydroxylation sites is 1. The first kappa shape index (κ1) is 22.7. The van der Waals surface area contributed by atoms with Crippen molar-refractivity contribution in [2.75, 3.05) is 6.61 Å². The summed E-state index contributed by atoms with van der Waals surface area (Å²) in [7, 11) is 0. The Hall–Kier alpha value is -3.78. The van der Waals surface area contributed by atoms with Crippen molar-refractivity contribution in [2.24, 2.45) is 0 Å². The maximum absolute atomic E-state index is 13.6. The Morgan fingerprint density at radius 1 is 0.944 bits per heavy atom. The zero-order chi connectivity index (χ0) is 24.7. The van der Waals surface area contributed by atoms with Crippen LogP contribution in [0.15, 0.2) is 91.0 Å². The van der Waals surface area contributed by atoms with Crippen LogP contribution in [0.4, 0.5) is 0 Å². The van der Waals surface area contributed by atoms with E-state index in [1.807, 2.05) is 78.9 Å². The molecular formula is C28H24N2O5S. The molecule has 0 bridgehead atoms. The quantitative estimate of drug-likeness (QED) is 0.377. The van der Waals surface area contributed by atoms with Gasteiger partial charge in [-0.2, -0.15) is 0 Å². The molecule has 8 heteroatoms. The molecule has 2 heterocycles. The summed E-state index contributed by atoms with van der Waals surface area (Å²) in [4.78, 5) is 40.7. The fraction of sp³-hybridized carbons (Fsp3) is 0.250. The van der Waals surface area contributed by atoms with E-state index in [1.165, 1.54) is 0 Å². The molecule has 1 aliphatic carbocycles. The molecule has 6 rings (SSSR count). The van der Waals surface area contributed by atoms with E-state index in [-0.39, 0.29) is 29.0 Å². The van der Waals surface area contributed by atoms with Crippen LogP contribution in [0.3, 0.4) is 0 Å². The SMILES string of the molecule is O=C(COc1ccccc1)NC1C(=O)N2[C@H]1SC1CC12C(=O)OC(c1ccccc1)c1ccccc1. The van der Waals surface area contributed by atoms with E-state index < -0.39 is 23.7 Å². The smallest absolute Gasteiger partial charge is 0.334 e. The van der Waals surface area contributed by atoms with E-state index in [1.54, 1.807) is 28.8 Å². The molecule has 2 aliphatic heterocycles. The fourth-order valence-corrected chi connectivity index (χ4v) is 6.83. The molecule has 0 aromatic heterocycles. The van der Waals surface area contributed by atoms with Crippen LogP contribution in [0.5, 0.6) is 5.75 Å². The van der Waals surface area contributed by atoms with Crippen molar-refractivity contribution in [1.82, 2.24) is 10.2 Å². The van der Waals surface area contributed by atoms with Crippen molar-refractivity contribution in [3.8, 4) is 5.75 Å². The topological polar surface area (TPSA) is 84.9 Å². The van der Waals surface area contributed by atoms with Crippen molar-refractivity contribution in [1.29, 1.82) is 0 Å². The van der Waals surface area contributed by atoms with Gasteiger partial charge in [0.25, 0.3) is 5.91 Å². The summed E-state index contributed by atoms with van der Waals surface area (Å²) < 4.78 is 11.6. The molecule has 4 atom stereocenters. The third-order valence-electron chi connectivity index (χ3n) is 6.86. The summed E-state index contributed by atoms with van der Waals surface area (Å²) in [6, 6.07) is 27.5. The van der Waals surface area contributed by atoms with Crippen LogP contribution in [0, 0.1) is 0 Å². The Balaban J connectivity index is 1.13. The maximum Gasteiger partial charge on any atom is 0.334 e. The number of β-lactam (4-membered cyclic amide) rings is 1. The summed E-state index contributed by atoms with van der Waals surface area (Å²) in [6.45, 7) is -0.183. The van der Waals surface area contributed by atoms with Gasteiger partial charge in [0.05, 0.1) is 0 Å². The lowest BCUT2D eigenvalue weighted by molar-refractivity contribution is -0.168. The molecule has 3 fully saturated rings. The lowest BCUT2D eigenvalue weighted by Crippen LogP contribution is -2.72. The second kappa shape index (κ2) is 9.02. The first-order valence-corrected chi connectivity index (χ1v) is 12.8. The Bertz CT molecular complexity index is 1250. The largest absolute Gasteiger partial charge is 0.484 e. The Kier molecular flexibility index (Phi) is 5.68. The minimum atomic E-state index is -0.962. The van der Waals surface area contributed by atoms with Gasteiger partial charge in [0.1, 0.15) is 17.2 Å². The normalized spacial score (nSPS) is 25.4. The lowest BCUT2D eigenvalue weighted by Gasteiger charge is -2.46. The molecule has 36 heavy (non-hydrogen) atoms. The molecule has 1 N–H and O–H groups in total. The monoisotopic (exact) mass is 500 g/mol. The number of esters is 1. The highest BCUT2D eigenvalue weighted by Gasteiger charge is 2.79. The number of rotatable bonds is 8. The number of ether oxygens (including phenoxy) is 2. The summed E-state index contributed by atoms with van der Waals surface area (Å²) in [5.41, 5.74) is 0.772. The zero-order valence-electron chi connectivity index (χ0n) is 19.3. The van der Waals surface area contributed by atoms with Gasteiger partial charge in [-0.1, -0.05) is 78.9 Å². The predicted molar refractivity (Wildman–Crippen MR) is 134 cm³/mol. The van der Waals surface area contributed by atoms with Gasteiger partial charge in [-0.3, -0.25) is 9.59 Å². The van der Waals surface area contributed by atoms with Gasteiger partial charge in [-0.15, -0.1) is 11.8 Å². The summed E-state index contributed by atoms with van der Waals surface area (Å²) in [5.74, 6) is -0.444. The van der Waals surface area contributed by atoms with Crippen molar-refractivity contribution >= 4 is 29.5 Å². The van der Waals surface area contributed by atoms with Crippen LogP contribution >= 0.6 is 11.8 Å². The van der Waals surface area contributed by atoms with Crippen molar-refractivity contribution in [3.05, 3.63) is 102 Å². The summed E-state index contributed by atoms with van der Waals surface area (Å²) in [5, 5.41) is 2.45. The van der Waals surface area contributed by atoms with Crippen molar-refractivity contribution in [3.63, 3.8) is 0 Å². The number of carbonyl (C=O) groups excluding carboxylic acids is 3. The van der Waals surface area contributed by atoms with Gasteiger partial charge in [0, 0.05) is 5.25 Å². The average molecular weight is 501 g/mol. The highest BCUT2D eigenvalue weighted by atomic mass is 32.2. The van der Waals surface area contributed by atoms with Crippen LogP contribution in [0.2, 0.25) is 0 Å². The molecule has 3 aromatic rings. The number of carbonyl (C=O) groups is 3. The zero-order valence-corrected chi connectivity index (χ0v) is 20.1. The Labute approximate surface area is 212 Å². The lowest BCUT2D eigenvalue weighted by atomic mass is 10.00. The van der Waals surface area contributed by atoms with Gasteiger partial charge in [0.15, 0.2) is 18.2 Å². The standard InChI is InChI=1S/C28H24N2O5S/c31-22(17-34-20-14-8-3-9-15-20)29-23-25(32)30-26(23)36-21-16-28(21,30)27(33)35-24(18-10-4-1-5-11-18)19-12-6-2-7-13-19/h1-15,21,23-24,26H,16-17H2,(H,29,31)/t21?,23?,26-,28?/m0/s1. The van der Waals surface area contributed by atoms with E-state index >= 15 is 0 Å². The van der Waals surface area contributed by atoms with E-state index in [0.717, 1.165) is 11.1 Å². The van der Waals surface area contributed by atoms with Gasteiger partial charge < -0.3 is 19.7 Å². The second-order valence-corrected chi connectivity index (χ2v) is 10.4. The van der Waals surface area contributed by atoms with Crippen LogP contribution in [0.25, 0.3) is 0 Å².